The Morgan fingerprint density at radius 2 is 0.627 bits per heavy atom. The average molecular weight is 1250 g/mol. The zero-order valence-electron chi connectivity index (χ0n) is 37.6. The Morgan fingerprint density at radius 3 is 0.851 bits per heavy atom. The molecule has 0 unspecified atom stereocenters. The van der Waals surface area contributed by atoms with Crippen LogP contribution in [-0.2, 0) is 28.8 Å². The molecule has 2 fully saturated rings. The van der Waals surface area contributed by atoms with E-state index in [-0.39, 0.29) is 151 Å². The minimum Gasteiger partial charge on any atom is -0.549 e. The first kappa shape index (κ1) is 62.3. The molecule has 2 aliphatic rings. The fraction of sp³-hybridized carbons (Fsp3) is 0.667. The second-order valence-corrected chi connectivity index (χ2v) is 16.2. The van der Waals surface area contributed by atoms with Crippen LogP contribution in [-0.4, -0.2) is 257 Å². The SMILES string of the molecule is O=CCN1CCN(CCCNC(=O)c2ccc(C(=O)NCCCN3CCN(CC(=O)[O-])CCN(CC(=O)[O-])CCN(CC(=O)[O-])CC3)cc2)CCN(CC(=O)[O-])CCN(CC(=O)[O-])CC1.[Tm+3].[Tm+3]. The minimum absolute atomic E-state index is 0. The summed E-state index contributed by atoms with van der Waals surface area (Å²) in [6, 6.07) is 6.19. The van der Waals surface area contributed by atoms with Gasteiger partial charge in [0.2, 0.25) is 0 Å². The first-order chi connectivity index (χ1) is 31.1. The van der Waals surface area contributed by atoms with E-state index < -0.39 is 29.8 Å². The number of amides is 2. The number of hydrogen-bond acceptors (Lipinski definition) is 21. The molecule has 25 heteroatoms. The zero-order valence-corrected chi connectivity index (χ0v) is 41.2. The Balaban J connectivity index is 0.0000112. The van der Waals surface area contributed by atoms with Gasteiger partial charge in [0.25, 0.3) is 11.8 Å². The van der Waals surface area contributed by atoms with Crippen LogP contribution in [0.5, 0.6) is 0 Å². The van der Waals surface area contributed by atoms with Gasteiger partial charge in [-0.1, -0.05) is 0 Å². The van der Waals surface area contributed by atoms with Gasteiger partial charge in [0.15, 0.2) is 0 Å². The summed E-state index contributed by atoms with van der Waals surface area (Å²) in [7, 11) is 0. The molecule has 0 radical (unpaired) electrons. The van der Waals surface area contributed by atoms with Crippen LogP contribution < -0.4 is 36.2 Å². The quantitative estimate of drug-likeness (QED) is 0.0805. The molecule has 1 aromatic rings. The minimum atomic E-state index is -1.30. The van der Waals surface area contributed by atoms with Gasteiger partial charge in [-0.15, -0.1) is 0 Å². The third kappa shape index (κ3) is 27.9. The van der Waals surface area contributed by atoms with Crippen molar-refractivity contribution in [2.45, 2.75) is 12.8 Å². The molecule has 2 amide bonds. The topological polar surface area (TPSA) is 302 Å². The average Bonchev–Trinajstić information content (AvgIpc) is 3.24. The van der Waals surface area contributed by atoms with Crippen LogP contribution in [0.15, 0.2) is 24.3 Å². The monoisotopic (exact) mass is 1250 g/mol. The van der Waals surface area contributed by atoms with E-state index in [0.29, 0.717) is 129 Å². The summed E-state index contributed by atoms with van der Waals surface area (Å²) >= 11 is 0. The van der Waals surface area contributed by atoms with Crippen LogP contribution in [0.2, 0.25) is 0 Å². The molecule has 2 N–H and O–H groups in total. The molecule has 2 heterocycles. The smallest absolute Gasteiger partial charge is 0.549 e. The zero-order chi connectivity index (χ0) is 47.6. The van der Waals surface area contributed by atoms with Crippen molar-refractivity contribution in [2.75, 3.05) is 170 Å². The molecule has 2 aliphatic heterocycles. The van der Waals surface area contributed by atoms with Crippen molar-refractivity contribution in [3.8, 4) is 0 Å². The van der Waals surface area contributed by atoms with Gasteiger partial charge in [-0.2, -0.15) is 0 Å². The van der Waals surface area contributed by atoms with Crippen LogP contribution in [0.4, 0.5) is 0 Å². The van der Waals surface area contributed by atoms with Gasteiger partial charge < -0.3 is 74.7 Å². The normalized spacial score (nSPS) is 18.0. The first-order valence-corrected chi connectivity index (χ1v) is 22.0. The van der Waals surface area contributed by atoms with Crippen molar-refractivity contribution >= 4 is 47.9 Å². The molecule has 0 saturated carbocycles. The maximum atomic E-state index is 13.0. The van der Waals surface area contributed by atoms with Crippen molar-refractivity contribution in [3.05, 3.63) is 35.4 Å². The number of carboxylic acid groups (broad SMARTS) is 5. The number of carbonyl (C=O) groups is 8. The van der Waals surface area contributed by atoms with Crippen molar-refractivity contribution in [1.29, 1.82) is 0 Å². The van der Waals surface area contributed by atoms with Crippen molar-refractivity contribution in [2.24, 2.45) is 0 Å². The Morgan fingerprint density at radius 1 is 0.403 bits per heavy atom. The van der Waals surface area contributed by atoms with E-state index in [2.05, 4.69) is 15.5 Å². The number of carboxylic acids is 5. The van der Waals surface area contributed by atoms with Crippen molar-refractivity contribution in [3.63, 3.8) is 0 Å². The molecule has 1 aromatic carbocycles. The van der Waals surface area contributed by atoms with Gasteiger partial charge in [-0.05, 0) is 50.2 Å². The van der Waals surface area contributed by atoms with Gasteiger partial charge >= 0.3 is 73.7 Å². The summed E-state index contributed by atoms with van der Waals surface area (Å²) in [5.41, 5.74) is 0.694. The molecule has 0 aromatic heterocycles. The fourth-order valence-electron chi connectivity index (χ4n) is 7.58. The molecular formula is C42H63N10O13Tm2+. The predicted molar refractivity (Wildman–Crippen MR) is 223 cm³/mol. The summed E-state index contributed by atoms with van der Waals surface area (Å²) in [6.45, 7) is 5.90. The third-order valence-electron chi connectivity index (χ3n) is 11.2. The van der Waals surface area contributed by atoms with Gasteiger partial charge in [0, 0.05) is 162 Å². The molecule has 23 nitrogen and oxygen atoms in total. The number of aldehydes is 1. The maximum Gasteiger partial charge on any atom is 3.00 e. The number of nitrogens with one attached hydrogen (secondary N) is 2. The summed E-state index contributed by atoms with van der Waals surface area (Å²) in [4.78, 5) is 109. The Kier molecular flexibility index (Phi) is 33.0. The van der Waals surface area contributed by atoms with Crippen LogP contribution in [0.25, 0.3) is 0 Å². The van der Waals surface area contributed by atoms with E-state index in [9.17, 15) is 63.9 Å². The predicted octanol–water partition coefficient (Wildman–Crippen LogP) is -9.68. The third-order valence-corrected chi connectivity index (χ3v) is 11.2. The molecule has 384 valence electrons. The Labute approximate surface area is 450 Å². The Hall–Kier alpha value is -2.67. The van der Waals surface area contributed by atoms with E-state index in [1.807, 2.05) is 9.80 Å². The van der Waals surface area contributed by atoms with Crippen LogP contribution in [0.3, 0.4) is 0 Å². The summed E-state index contributed by atoms with van der Waals surface area (Å²) in [5, 5.41) is 62.7. The molecule has 2 saturated heterocycles. The van der Waals surface area contributed by atoms with Gasteiger partial charge in [0.1, 0.15) is 6.29 Å². The fourth-order valence-corrected chi connectivity index (χ4v) is 7.58. The number of nitrogens with zero attached hydrogens (tertiary/aromatic N) is 8. The number of hydrogen-bond donors (Lipinski definition) is 2. The molecule has 3 rings (SSSR count). The van der Waals surface area contributed by atoms with Crippen LogP contribution >= 0.6 is 0 Å². The van der Waals surface area contributed by atoms with Gasteiger partial charge in [0.05, 0.1) is 36.4 Å². The van der Waals surface area contributed by atoms with E-state index in [1.165, 1.54) is 0 Å². The van der Waals surface area contributed by atoms with E-state index in [0.717, 1.165) is 6.29 Å². The second kappa shape index (κ2) is 35.4. The van der Waals surface area contributed by atoms with Gasteiger partial charge in [-0.25, -0.2) is 0 Å². The van der Waals surface area contributed by atoms with Crippen LogP contribution in [0, 0.1) is 73.7 Å². The molecule has 0 spiro atoms. The molecule has 67 heavy (non-hydrogen) atoms. The van der Waals surface area contributed by atoms with Crippen molar-refractivity contribution < 1.29 is 138 Å². The molecule has 0 aliphatic carbocycles. The Bertz CT molecular complexity index is 1670. The molecule has 0 bridgehead atoms. The number of benzene rings is 1. The van der Waals surface area contributed by atoms with Crippen molar-refractivity contribution in [1.82, 2.24) is 49.8 Å². The van der Waals surface area contributed by atoms with E-state index in [4.69, 9.17) is 0 Å². The maximum absolute atomic E-state index is 13.0. The molecular weight excluding hydrogens is 1190 g/mol. The van der Waals surface area contributed by atoms with Crippen LogP contribution in [0.1, 0.15) is 33.6 Å². The van der Waals surface area contributed by atoms with E-state index in [1.54, 1.807) is 48.8 Å². The van der Waals surface area contributed by atoms with Gasteiger partial charge in [-0.3, -0.25) is 39.0 Å². The summed E-state index contributed by atoms with van der Waals surface area (Å²) in [6.07, 6.45) is 1.88. The molecule has 0 atom stereocenters. The number of aliphatic carboxylic acids is 5. The first-order valence-electron chi connectivity index (χ1n) is 22.0. The standard InChI is InChI=1S/C42H68N10O13.2Tm/c53-28-27-47-12-11-45(13-17-48(29-36(54)55)21-22-51(20-16-47)32-39(60)61)9-1-7-43-41(64)34-3-5-35(6-4-34)42(65)44-8-2-10-46-14-18-49(30-37(56)57)23-25-52(33-40(62)63)26-24-50(19-15-46)31-38(58)59;;/h3-6,28H,1-2,7-27,29-33H2,(H,43,64)(H,44,65)(H,54,55)(H,56,57)(H,58,59)(H,60,61)(H,62,63);;/q;2*+3/p-5. The number of rotatable bonds is 22. The number of carbonyl (C=O) groups excluding carboxylic acids is 8. The van der Waals surface area contributed by atoms with E-state index >= 15 is 0 Å². The summed E-state index contributed by atoms with van der Waals surface area (Å²) < 4.78 is 0. The summed E-state index contributed by atoms with van der Waals surface area (Å²) in [5.74, 6) is -7.01. The second-order valence-electron chi connectivity index (χ2n) is 16.2. The largest absolute Gasteiger partial charge is 3.00 e.